The quantitative estimate of drug-likeness (QED) is 0.248. The summed E-state index contributed by atoms with van der Waals surface area (Å²) in [4.78, 5) is 23.8. The highest BCUT2D eigenvalue weighted by Crippen LogP contribution is 2.32. The molecule has 1 aliphatic carbocycles. The van der Waals surface area contributed by atoms with Crippen LogP contribution in [0.15, 0.2) is 53.6 Å². The van der Waals surface area contributed by atoms with Gasteiger partial charge in [0.15, 0.2) is 5.78 Å². The third-order valence-corrected chi connectivity index (χ3v) is 6.22. The van der Waals surface area contributed by atoms with Gasteiger partial charge in [-0.05, 0) is 86.6 Å². The van der Waals surface area contributed by atoms with Gasteiger partial charge in [0.25, 0.3) is 0 Å². The highest BCUT2D eigenvalue weighted by atomic mass is 16.1. The van der Waals surface area contributed by atoms with E-state index in [0.717, 1.165) is 56.1 Å². The molecular weight excluding hydrogens is 368 g/mol. The van der Waals surface area contributed by atoms with Gasteiger partial charge in [-0.15, -0.1) is 0 Å². The Morgan fingerprint density at radius 1 is 1.03 bits per heavy atom. The fraction of sp³-hybridized carbons (Fsp3) is 0.500. The van der Waals surface area contributed by atoms with E-state index in [9.17, 15) is 9.59 Å². The van der Waals surface area contributed by atoms with E-state index in [-0.39, 0.29) is 11.6 Å². The maximum Gasteiger partial charge on any atom is 0.162 e. The number of allylic oxidation sites excluding steroid dienone is 5. The molecule has 0 atom stereocenters. The standard InChI is InChI=1S/C28H38O2/c1-6-23(7-2)27-16-15-25(28(30)12-10-8-9-11-22(5)29)19-26(27)18-21(4)24-14-13-20(3)17-24/h13-16,19,23H,4,6-12,17-18H2,1-3,5H3. The second kappa shape index (κ2) is 11.8. The van der Waals surface area contributed by atoms with Crippen LogP contribution in [0.5, 0.6) is 0 Å². The molecule has 2 heteroatoms. The van der Waals surface area contributed by atoms with E-state index >= 15 is 0 Å². The number of benzene rings is 1. The van der Waals surface area contributed by atoms with Crippen LogP contribution in [-0.4, -0.2) is 11.6 Å². The van der Waals surface area contributed by atoms with Crippen LogP contribution in [0.2, 0.25) is 0 Å². The lowest BCUT2D eigenvalue weighted by Crippen LogP contribution is -2.07. The van der Waals surface area contributed by atoms with E-state index in [2.05, 4.69) is 51.6 Å². The Hall–Kier alpha value is -2.22. The summed E-state index contributed by atoms with van der Waals surface area (Å²) in [6.07, 6.45) is 12.2. The summed E-state index contributed by atoms with van der Waals surface area (Å²) < 4.78 is 0. The molecule has 0 fully saturated rings. The third-order valence-electron chi connectivity index (χ3n) is 6.22. The van der Waals surface area contributed by atoms with Crippen LogP contribution in [0.3, 0.4) is 0 Å². The molecule has 0 bridgehead atoms. The van der Waals surface area contributed by atoms with Gasteiger partial charge in [0.1, 0.15) is 5.78 Å². The third kappa shape index (κ3) is 6.93. The van der Waals surface area contributed by atoms with Crippen LogP contribution >= 0.6 is 0 Å². The van der Waals surface area contributed by atoms with Crippen LogP contribution in [-0.2, 0) is 11.2 Å². The molecule has 0 spiro atoms. The van der Waals surface area contributed by atoms with Gasteiger partial charge >= 0.3 is 0 Å². The number of ketones is 2. The average molecular weight is 407 g/mol. The van der Waals surface area contributed by atoms with E-state index in [1.807, 2.05) is 6.07 Å². The molecule has 0 heterocycles. The Morgan fingerprint density at radius 3 is 2.33 bits per heavy atom. The SMILES string of the molecule is C=C(Cc1cc(C(=O)CCCCCC(C)=O)ccc1C(CC)CC)C1=CC=C(C)C1. The zero-order valence-electron chi connectivity index (χ0n) is 19.4. The highest BCUT2D eigenvalue weighted by Gasteiger charge is 2.17. The number of rotatable bonds is 13. The molecule has 1 aromatic rings. The zero-order valence-corrected chi connectivity index (χ0v) is 19.4. The van der Waals surface area contributed by atoms with Crippen LogP contribution in [0.4, 0.5) is 0 Å². The predicted molar refractivity (Wildman–Crippen MR) is 127 cm³/mol. The Balaban J connectivity index is 2.13. The second-order valence-electron chi connectivity index (χ2n) is 8.77. The minimum Gasteiger partial charge on any atom is -0.300 e. The predicted octanol–water partition coefficient (Wildman–Crippen LogP) is 7.69. The van der Waals surface area contributed by atoms with Gasteiger partial charge in [0.2, 0.25) is 0 Å². The van der Waals surface area contributed by atoms with Gasteiger partial charge in [0.05, 0.1) is 0 Å². The summed E-state index contributed by atoms with van der Waals surface area (Å²) in [6, 6.07) is 6.31. The highest BCUT2D eigenvalue weighted by molar-refractivity contribution is 5.96. The van der Waals surface area contributed by atoms with Crippen LogP contribution in [0, 0.1) is 0 Å². The van der Waals surface area contributed by atoms with E-state index in [1.54, 1.807) is 6.92 Å². The summed E-state index contributed by atoms with van der Waals surface area (Å²) in [5.74, 6) is 0.949. The molecule has 2 nitrogen and oxygen atoms in total. The number of unbranched alkanes of at least 4 members (excludes halogenated alkanes) is 2. The molecule has 0 amide bonds. The first kappa shape index (κ1) is 24.1. The van der Waals surface area contributed by atoms with Crippen molar-refractivity contribution < 1.29 is 9.59 Å². The van der Waals surface area contributed by atoms with E-state index in [0.29, 0.717) is 18.8 Å². The molecule has 0 radical (unpaired) electrons. The van der Waals surface area contributed by atoms with E-state index in [1.165, 1.54) is 22.3 Å². The molecule has 2 rings (SSSR count). The molecular formula is C28H38O2. The first-order chi connectivity index (χ1) is 14.3. The summed E-state index contributed by atoms with van der Waals surface area (Å²) in [7, 11) is 0. The summed E-state index contributed by atoms with van der Waals surface area (Å²) in [5, 5.41) is 0. The van der Waals surface area contributed by atoms with Gasteiger partial charge in [0, 0.05) is 18.4 Å². The maximum atomic E-state index is 12.8. The zero-order chi connectivity index (χ0) is 22.1. The first-order valence-electron chi connectivity index (χ1n) is 11.6. The normalized spacial score (nSPS) is 13.4. The van der Waals surface area contributed by atoms with Crippen molar-refractivity contribution in [3.63, 3.8) is 0 Å². The molecule has 162 valence electrons. The Labute approximate surface area is 183 Å². The van der Waals surface area contributed by atoms with E-state index < -0.39 is 0 Å². The van der Waals surface area contributed by atoms with Crippen molar-refractivity contribution in [3.05, 3.63) is 70.3 Å². The Bertz CT molecular complexity index is 834. The lowest BCUT2D eigenvalue weighted by Gasteiger charge is -2.20. The van der Waals surface area contributed by atoms with E-state index in [4.69, 9.17) is 0 Å². The van der Waals surface area contributed by atoms with Gasteiger partial charge < -0.3 is 4.79 Å². The fourth-order valence-electron chi connectivity index (χ4n) is 4.29. The van der Waals surface area contributed by atoms with Crippen molar-refractivity contribution in [2.45, 2.75) is 91.4 Å². The van der Waals surface area contributed by atoms with Crippen molar-refractivity contribution >= 4 is 11.6 Å². The largest absolute Gasteiger partial charge is 0.300 e. The topological polar surface area (TPSA) is 34.1 Å². The Kier molecular flexibility index (Phi) is 9.49. The molecule has 1 aromatic carbocycles. The number of hydrogen-bond donors (Lipinski definition) is 0. The molecule has 0 saturated heterocycles. The number of Topliss-reactive ketones (excluding diaryl/α,β-unsaturated/α-hetero) is 2. The van der Waals surface area contributed by atoms with Crippen LogP contribution < -0.4 is 0 Å². The number of hydrogen-bond acceptors (Lipinski definition) is 2. The minimum atomic E-state index is 0.207. The van der Waals surface area contributed by atoms with Crippen molar-refractivity contribution in [2.75, 3.05) is 0 Å². The van der Waals surface area contributed by atoms with Gasteiger partial charge in [-0.25, -0.2) is 0 Å². The molecule has 0 N–H and O–H groups in total. The summed E-state index contributed by atoms with van der Waals surface area (Å²) in [5.41, 5.74) is 7.27. The summed E-state index contributed by atoms with van der Waals surface area (Å²) >= 11 is 0. The van der Waals surface area contributed by atoms with Crippen molar-refractivity contribution in [2.24, 2.45) is 0 Å². The van der Waals surface area contributed by atoms with Crippen molar-refractivity contribution in [1.29, 1.82) is 0 Å². The van der Waals surface area contributed by atoms with Crippen LogP contribution in [0.1, 0.15) is 106 Å². The van der Waals surface area contributed by atoms with Crippen molar-refractivity contribution in [1.82, 2.24) is 0 Å². The molecule has 30 heavy (non-hydrogen) atoms. The van der Waals surface area contributed by atoms with Gasteiger partial charge in [-0.2, -0.15) is 0 Å². The molecule has 0 aromatic heterocycles. The number of carbonyl (C=O) groups excluding carboxylic acids is 2. The summed E-state index contributed by atoms with van der Waals surface area (Å²) in [6.45, 7) is 12.6. The van der Waals surface area contributed by atoms with Gasteiger partial charge in [-0.3, -0.25) is 4.79 Å². The second-order valence-corrected chi connectivity index (χ2v) is 8.77. The lowest BCUT2D eigenvalue weighted by molar-refractivity contribution is -0.117. The molecule has 0 unspecified atom stereocenters. The molecule has 0 saturated carbocycles. The Morgan fingerprint density at radius 2 is 1.73 bits per heavy atom. The fourth-order valence-corrected chi connectivity index (χ4v) is 4.29. The van der Waals surface area contributed by atoms with Gasteiger partial charge in [-0.1, -0.05) is 56.7 Å². The molecule has 1 aliphatic rings. The van der Waals surface area contributed by atoms with Crippen molar-refractivity contribution in [3.8, 4) is 0 Å². The minimum absolute atomic E-state index is 0.207. The average Bonchev–Trinajstić information content (AvgIpc) is 3.15. The smallest absolute Gasteiger partial charge is 0.162 e. The monoisotopic (exact) mass is 406 g/mol. The van der Waals surface area contributed by atoms with Crippen LogP contribution in [0.25, 0.3) is 0 Å². The molecule has 0 aliphatic heterocycles. The maximum absolute atomic E-state index is 12.8. The lowest BCUT2D eigenvalue weighted by atomic mass is 9.85. The first-order valence-corrected chi connectivity index (χ1v) is 11.6. The number of carbonyl (C=O) groups is 2.